The molecule has 2 N–H and O–H groups in total. The summed E-state index contributed by atoms with van der Waals surface area (Å²) in [5, 5.41) is 0. The summed E-state index contributed by atoms with van der Waals surface area (Å²) in [6.45, 7) is 11.0. The number of aromatic nitrogens is 1. The minimum atomic E-state index is 0.113. The summed E-state index contributed by atoms with van der Waals surface area (Å²) in [5.41, 5.74) is 11.1. The Bertz CT molecular complexity index is 642. The van der Waals surface area contributed by atoms with Crippen LogP contribution < -0.4 is 10.5 Å². The number of nitrogens with two attached hydrogens (primary N) is 1. The minimum Gasteiger partial charge on any atom is -0.487 e. The molecule has 0 fully saturated rings. The lowest BCUT2D eigenvalue weighted by atomic mass is 9.87. The number of aryl methyl sites for hydroxylation is 1. The molecule has 1 aromatic carbocycles. The highest BCUT2D eigenvalue weighted by Gasteiger charge is 2.14. The van der Waals surface area contributed by atoms with Gasteiger partial charge in [-0.15, -0.1) is 0 Å². The third kappa shape index (κ3) is 3.54. The molecule has 21 heavy (non-hydrogen) atoms. The third-order valence-corrected chi connectivity index (χ3v) is 3.75. The maximum Gasteiger partial charge on any atom is 0.131 e. The molecule has 0 bridgehead atoms. The van der Waals surface area contributed by atoms with E-state index in [0.29, 0.717) is 6.61 Å². The van der Waals surface area contributed by atoms with Crippen molar-refractivity contribution in [2.24, 2.45) is 0 Å². The van der Waals surface area contributed by atoms with Crippen molar-refractivity contribution in [2.45, 2.75) is 46.6 Å². The molecule has 112 valence electrons. The van der Waals surface area contributed by atoms with Crippen LogP contribution in [0.1, 0.15) is 43.2 Å². The number of nitrogens with zero attached hydrogens (tertiary/aromatic N) is 1. The van der Waals surface area contributed by atoms with Gasteiger partial charge >= 0.3 is 0 Å². The second-order valence-electron chi connectivity index (χ2n) is 6.49. The number of anilines is 1. The molecule has 1 heterocycles. The first kappa shape index (κ1) is 15.4. The highest BCUT2D eigenvalue weighted by Crippen LogP contribution is 2.26. The molecule has 0 radical (unpaired) electrons. The maximum atomic E-state index is 6.04. The average molecular weight is 284 g/mol. The zero-order valence-corrected chi connectivity index (χ0v) is 13.5. The Hall–Kier alpha value is -2.03. The first-order valence-electron chi connectivity index (χ1n) is 7.23. The Balaban J connectivity index is 2.16. The molecule has 0 unspecified atom stereocenters. The minimum absolute atomic E-state index is 0.113. The molecule has 0 amide bonds. The Labute approximate surface area is 127 Å². The molecular formula is C18H24N2O. The fourth-order valence-corrected chi connectivity index (χ4v) is 2.14. The van der Waals surface area contributed by atoms with Crippen molar-refractivity contribution in [1.82, 2.24) is 4.98 Å². The third-order valence-electron chi connectivity index (χ3n) is 3.75. The molecule has 2 aromatic rings. The summed E-state index contributed by atoms with van der Waals surface area (Å²) in [4.78, 5) is 4.42. The van der Waals surface area contributed by atoms with Gasteiger partial charge in [-0.25, -0.2) is 0 Å². The van der Waals surface area contributed by atoms with E-state index in [1.807, 2.05) is 26.0 Å². The number of hydrogen-bond donors (Lipinski definition) is 1. The predicted octanol–water partition coefficient (Wildman–Crippen LogP) is 4.16. The molecule has 0 spiro atoms. The first-order chi connectivity index (χ1) is 9.79. The monoisotopic (exact) mass is 284 g/mol. The molecule has 1 aromatic heterocycles. The number of benzene rings is 1. The van der Waals surface area contributed by atoms with Crippen molar-refractivity contribution in [1.29, 1.82) is 0 Å². The van der Waals surface area contributed by atoms with Gasteiger partial charge in [-0.2, -0.15) is 0 Å². The van der Waals surface area contributed by atoms with E-state index < -0.39 is 0 Å². The van der Waals surface area contributed by atoms with Crippen LogP contribution in [0.15, 0.2) is 30.5 Å². The molecule has 3 nitrogen and oxygen atoms in total. The van der Waals surface area contributed by atoms with Crippen molar-refractivity contribution in [3.63, 3.8) is 0 Å². The van der Waals surface area contributed by atoms with E-state index in [-0.39, 0.29) is 5.41 Å². The average Bonchev–Trinajstić information content (AvgIpc) is 2.43. The molecule has 2 rings (SSSR count). The molecule has 0 aliphatic heterocycles. The lowest BCUT2D eigenvalue weighted by molar-refractivity contribution is 0.299. The lowest BCUT2D eigenvalue weighted by Crippen LogP contribution is -2.11. The van der Waals surface area contributed by atoms with Gasteiger partial charge in [0.25, 0.3) is 0 Å². The predicted molar refractivity (Wildman–Crippen MR) is 87.6 cm³/mol. The number of ether oxygens (including phenoxy) is 1. The number of rotatable bonds is 3. The SMILES string of the molecule is Cc1cnc(COc2cccc(C(C)(C)C)c2)c(C)c1N. The van der Waals surface area contributed by atoms with Gasteiger partial charge in [0.1, 0.15) is 12.4 Å². The van der Waals surface area contributed by atoms with Gasteiger partial charge in [-0.3, -0.25) is 4.98 Å². The topological polar surface area (TPSA) is 48.1 Å². The Morgan fingerprint density at radius 1 is 1.19 bits per heavy atom. The highest BCUT2D eigenvalue weighted by molar-refractivity contribution is 5.53. The zero-order valence-electron chi connectivity index (χ0n) is 13.5. The highest BCUT2D eigenvalue weighted by atomic mass is 16.5. The Morgan fingerprint density at radius 3 is 2.57 bits per heavy atom. The summed E-state index contributed by atoms with van der Waals surface area (Å²) in [5.74, 6) is 0.864. The standard InChI is InChI=1S/C18H24N2O/c1-12-10-20-16(13(2)17(12)19)11-21-15-8-6-7-14(9-15)18(3,4)5/h6-10H,11H2,1-5H3,(H2,19,20). The fraction of sp³-hybridized carbons (Fsp3) is 0.389. The van der Waals surface area contributed by atoms with Crippen molar-refractivity contribution in [3.05, 3.63) is 52.8 Å². The maximum absolute atomic E-state index is 6.04. The summed E-state index contributed by atoms with van der Waals surface area (Å²) in [6.07, 6.45) is 1.80. The van der Waals surface area contributed by atoms with Crippen LogP contribution in [0.25, 0.3) is 0 Å². The van der Waals surface area contributed by atoms with Crippen LogP contribution >= 0.6 is 0 Å². The van der Waals surface area contributed by atoms with Crippen LogP contribution in [0.4, 0.5) is 5.69 Å². The normalized spacial score (nSPS) is 11.5. The van der Waals surface area contributed by atoms with Crippen molar-refractivity contribution in [2.75, 3.05) is 5.73 Å². The fourth-order valence-electron chi connectivity index (χ4n) is 2.14. The molecular weight excluding hydrogens is 260 g/mol. The summed E-state index contributed by atoms with van der Waals surface area (Å²) >= 11 is 0. The number of hydrogen-bond acceptors (Lipinski definition) is 3. The van der Waals surface area contributed by atoms with E-state index in [1.165, 1.54) is 5.56 Å². The van der Waals surface area contributed by atoms with Crippen molar-refractivity contribution in [3.8, 4) is 5.75 Å². The van der Waals surface area contributed by atoms with Gasteiger partial charge in [0.2, 0.25) is 0 Å². The van der Waals surface area contributed by atoms with Crippen LogP contribution in [-0.4, -0.2) is 4.98 Å². The first-order valence-corrected chi connectivity index (χ1v) is 7.23. The van der Waals surface area contributed by atoms with Crippen LogP contribution in [0, 0.1) is 13.8 Å². The summed E-state index contributed by atoms with van der Waals surface area (Å²) < 4.78 is 5.89. The van der Waals surface area contributed by atoms with Gasteiger partial charge in [-0.05, 0) is 48.1 Å². The number of pyridine rings is 1. The Kier molecular flexibility index (Phi) is 4.21. The summed E-state index contributed by atoms with van der Waals surface area (Å²) in [6, 6.07) is 8.22. The molecule has 0 saturated heterocycles. The second kappa shape index (κ2) is 5.76. The lowest BCUT2D eigenvalue weighted by Gasteiger charge is -2.20. The molecule has 0 aliphatic carbocycles. The quantitative estimate of drug-likeness (QED) is 0.920. The van der Waals surface area contributed by atoms with E-state index in [0.717, 1.165) is 28.3 Å². The van der Waals surface area contributed by atoms with Gasteiger partial charge in [-0.1, -0.05) is 32.9 Å². The van der Waals surface area contributed by atoms with Gasteiger partial charge < -0.3 is 10.5 Å². The van der Waals surface area contributed by atoms with Crippen LogP contribution in [-0.2, 0) is 12.0 Å². The largest absolute Gasteiger partial charge is 0.487 e. The number of nitrogen functional groups attached to an aromatic ring is 1. The van der Waals surface area contributed by atoms with Crippen molar-refractivity contribution < 1.29 is 4.74 Å². The van der Waals surface area contributed by atoms with Crippen LogP contribution in [0.2, 0.25) is 0 Å². The smallest absolute Gasteiger partial charge is 0.131 e. The molecule has 0 aliphatic rings. The van der Waals surface area contributed by atoms with Crippen LogP contribution in [0.3, 0.4) is 0 Å². The van der Waals surface area contributed by atoms with E-state index in [1.54, 1.807) is 6.20 Å². The van der Waals surface area contributed by atoms with Gasteiger partial charge in [0.15, 0.2) is 0 Å². The van der Waals surface area contributed by atoms with E-state index in [2.05, 4.69) is 37.9 Å². The van der Waals surface area contributed by atoms with Gasteiger partial charge in [0, 0.05) is 11.9 Å². The Morgan fingerprint density at radius 2 is 1.90 bits per heavy atom. The molecule has 0 saturated carbocycles. The van der Waals surface area contributed by atoms with E-state index in [9.17, 15) is 0 Å². The summed E-state index contributed by atoms with van der Waals surface area (Å²) in [7, 11) is 0. The van der Waals surface area contributed by atoms with Crippen molar-refractivity contribution >= 4 is 5.69 Å². The molecule has 3 heteroatoms. The molecule has 0 atom stereocenters. The van der Waals surface area contributed by atoms with Crippen LogP contribution in [0.5, 0.6) is 5.75 Å². The van der Waals surface area contributed by atoms with E-state index >= 15 is 0 Å². The van der Waals surface area contributed by atoms with Gasteiger partial charge in [0.05, 0.1) is 5.69 Å². The second-order valence-corrected chi connectivity index (χ2v) is 6.49. The van der Waals surface area contributed by atoms with E-state index in [4.69, 9.17) is 10.5 Å². The zero-order chi connectivity index (χ0) is 15.6.